The molecule has 0 heterocycles. The topological polar surface area (TPSA) is 20.3 Å². The molecule has 0 spiro atoms. The number of Topliss-reactive ketones (excluding diaryl/α,β-unsaturated/α-hetero) is 1. The molecule has 0 rings (SSSR count). The molecule has 0 aliphatic heterocycles. The van der Waals surface area contributed by atoms with Crippen LogP contribution < -0.4 is 0 Å². The Morgan fingerprint density at radius 3 is 1.50 bits per heavy atom. The average molecular weight is 166 g/mol. The SMILES string of the molecule is CC(C)=O.CC(Cl)N(C)C. The maximum Gasteiger partial charge on any atom is 0.126 e. The van der Waals surface area contributed by atoms with E-state index in [-0.39, 0.29) is 11.3 Å². The largest absolute Gasteiger partial charge is 0.300 e. The van der Waals surface area contributed by atoms with Gasteiger partial charge in [0, 0.05) is 0 Å². The quantitative estimate of drug-likeness (QED) is 0.436. The van der Waals surface area contributed by atoms with Gasteiger partial charge in [-0.1, -0.05) is 0 Å². The molecular weight excluding hydrogens is 150 g/mol. The molecule has 2 nitrogen and oxygen atoms in total. The van der Waals surface area contributed by atoms with E-state index < -0.39 is 0 Å². The third-order valence-electron chi connectivity index (χ3n) is 0.712. The minimum Gasteiger partial charge on any atom is -0.300 e. The smallest absolute Gasteiger partial charge is 0.126 e. The second-order valence-corrected chi connectivity index (χ2v) is 3.08. The van der Waals surface area contributed by atoms with Crippen LogP contribution in [0.1, 0.15) is 20.8 Å². The Hall–Kier alpha value is -0.0800. The number of hydrogen-bond acceptors (Lipinski definition) is 2. The first-order valence-corrected chi connectivity index (χ1v) is 3.59. The molecule has 0 saturated heterocycles. The van der Waals surface area contributed by atoms with Crippen molar-refractivity contribution in [3.05, 3.63) is 0 Å². The van der Waals surface area contributed by atoms with E-state index in [1.165, 1.54) is 13.8 Å². The zero-order chi connectivity index (χ0) is 8.73. The first-order chi connectivity index (χ1) is 4.37. The molecular formula is C7H16ClNO. The fourth-order valence-electron chi connectivity index (χ4n) is 0. The third-order valence-corrected chi connectivity index (χ3v) is 1.10. The van der Waals surface area contributed by atoms with E-state index in [1.54, 1.807) is 0 Å². The Labute approximate surface area is 68.2 Å². The normalized spacial score (nSPS) is 11.9. The van der Waals surface area contributed by atoms with Gasteiger partial charge < -0.3 is 4.79 Å². The molecule has 0 amide bonds. The van der Waals surface area contributed by atoms with Crippen LogP contribution in [-0.2, 0) is 4.79 Å². The van der Waals surface area contributed by atoms with Gasteiger partial charge in [-0.2, -0.15) is 0 Å². The van der Waals surface area contributed by atoms with Crippen molar-refractivity contribution in [3.63, 3.8) is 0 Å². The first kappa shape index (κ1) is 12.6. The summed E-state index contributed by atoms with van der Waals surface area (Å²) in [5.74, 6) is 0.167. The summed E-state index contributed by atoms with van der Waals surface area (Å²) in [4.78, 5) is 11.4. The number of hydrogen-bond donors (Lipinski definition) is 0. The number of carbonyl (C=O) groups excluding carboxylic acids is 1. The van der Waals surface area contributed by atoms with Gasteiger partial charge in [-0.3, -0.25) is 4.90 Å². The summed E-state index contributed by atoms with van der Waals surface area (Å²) in [6, 6.07) is 0. The van der Waals surface area contributed by atoms with Gasteiger partial charge in [0.25, 0.3) is 0 Å². The van der Waals surface area contributed by atoms with Gasteiger partial charge in [0.1, 0.15) is 5.78 Å². The highest BCUT2D eigenvalue weighted by molar-refractivity contribution is 6.20. The van der Waals surface area contributed by atoms with E-state index in [4.69, 9.17) is 11.6 Å². The van der Waals surface area contributed by atoms with E-state index in [9.17, 15) is 4.79 Å². The van der Waals surface area contributed by atoms with Gasteiger partial charge >= 0.3 is 0 Å². The van der Waals surface area contributed by atoms with Gasteiger partial charge in [0.2, 0.25) is 0 Å². The lowest BCUT2D eigenvalue weighted by Gasteiger charge is -2.09. The standard InChI is InChI=1S/C4H10ClN.C3H6O/c1-4(5)6(2)3;1-3(2)4/h4H,1-3H3;1-2H3. The molecule has 1 atom stereocenters. The molecule has 0 aromatic rings. The van der Waals surface area contributed by atoms with Gasteiger partial charge in [0.15, 0.2) is 0 Å². The number of ketones is 1. The number of rotatable bonds is 1. The van der Waals surface area contributed by atoms with Crippen molar-refractivity contribution in [2.24, 2.45) is 0 Å². The van der Waals surface area contributed by atoms with Crippen LogP contribution in [0.15, 0.2) is 0 Å². The fourth-order valence-corrected chi connectivity index (χ4v) is 0. The maximum atomic E-state index is 9.44. The minimum absolute atomic E-state index is 0.157. The fraction of sp³-hybridized carbons (Fsp3) is 0.857. The number of halogens is 1. The summed E-state index contributed by atoms with van der Waals surface area (Å²) < 4.78 is 0. The minimum atomic E-state index is 0.157. The van der Waals surface area contributed by atoms with Crippen LogP contribution in [-0.4, -0.2) is 30.3 Å². The summed E-state index contributed by atoms with van der Waals surface area (Å²) in [6.45, 7) is 4.99. The van der Waals surface area contributed by atoms with E-state index in [1.807, 2.05) is 25.9 Å². The van der Waals surface area contributed by atoms with Crippen molar-refractivity contribution in [3.8, 4) is 0 Å². The molecule has 0 aromatic carbocycles. The van der Waals surface area contributed by atoms with E-state index in [0.717, 1.165) is 0 Å². The van der Waals surface area contributed by atoms with Crippen LogP contribution in [0.4, 0.5) is 0 Å². The van der Waals surface area contributed by atoms with Crippen molar-refractivity contribution in [1.82, 2.24) is 4.90 Å². The highest BCUT2D eigenvalue weighted by atomic mass is 35.5. The molecule has 0 bridgehead atoms. The van der Waals surface area contributed by atoms with Crippen LogP contribution in [0.25, 0.3) is 0 Å². The summed E-state index contributed by atoms with van der Waals surface area (Å²) in [6.07, 6.45) is 0. The van der Waals surface area contributed by atoms with Gasteiger partial charge in [-0.15, -0.1) is 11.6 Å². The molecule has 0 aliphatic carbocycles. The zero-order valence-electron chi connectivity index (χ0n) is 7.31. The molecule has 0 aliphatic rings. The Morgan fingerprint density at radius 1 is 1.40 bits per heavy atom. The molecule has 0 aromatic heterocycles. The number of alkyl halides is 1. The highest BCUT2D eigenvalue weighted by Gasteiger charge is 1.93. The lowest BCUT2D eigenvalue weighted by Crippen LogP contribution is -2.17. The van der Waals surface area contributed by atoms with Gasteiger partial charge in [-0.05, 0) is 34.9 Å². The molecule has 1 unspecified atom stereocenters. The highest BCUT2D eigenvalue weighted by Crippen LogP contribution is 1.93. The van der Waals surface area contributed by atoms with Crippen LogP contribution in [0.2, 0.25) is 0 Å². The second-order valence-electron chi connectivity index (χ2n) is 2.45. The molecule has 0 N–H and O–H groups in total. The second kappa shape index (κ2) is 7.03. The summed E-state index contributed by atoms with van der Waals surface area (Å²) in [5.41, 5.74) is 0.157. The predicted molar refractivity (Wildman–Crippen MR) is 45.4 cm³/mol. The lowest BCUT2D eigenvalue weighted by molar-refractivity contribution is -0.114. The number of carbonyl (C=O) groups is 1. The monoisotopic (exact) mass is 165 g/mol. The van der Waals surface area contributed by atoms with Crippen LogP contribution in [0.3, 0.4) is 0 Å². The van der Waals surface area contributed by atoms with Gasteiger partial charge in [0.05, 0.1) is 5.50 Å². The Balaban J connectivity index is 0. The molecule has 10 heavy (non-hydrogen) atoms. The lowest BCUT2D eigenvalue weighted by atomic mass is 10.6. The van der Waals surface area contributed by atoms with Gasteiger partial charge in [-0.25, -0.2) is 0 Å². The van der Waals surface area contributed by atoms with E-state index in [2.05, 4.69) is 0 Å². The zero-order valence-corrected chi connectivity index (χ0v) is 8.07. The van der Waals surface area contributed by atoms with Crippen LogP contribution >= 0.6 is 11.6 Å². The van der Waals surface area contributed by atoms with E-state index >= 15 is 0 Å². The van der Waals surface area contributed by atoms with E-state index in [0.29, 0.717) is 0 Å². The first-order valence-electron chi connectivity index (χ1n) is 3.15. The molecule has 0 fully saturated rings. The van der Waals surface area contributed by atoms with Crippen molar-refractivity contribution in [2.45, 2.75) is 26.3 Å². The van der Waals surface area contributed by atoms with Crippen LogP contribution in [0.5, 0.6) is 0 Å². The van der Waals surface area contributed by atoms with Crippen molar-refractivity contribution in [1.29, 1.82) is 0 Å². The summed E-state index contributed by atoms with van der Waals surface area (Å²) in [5, 5.41) is 0. The Kier molecular flexibility index (Phi) is 8.85. The Bertz CT molecular complexity index is 81.6. The summed E-state index contributed by atoms with van der Waals surface area (Å²) in [7, 11) is 3.88. The third kappa shape index (κ3) is 24.7. The summed E-state index contributed by atoms with van der Waals surface area (Å²) >= 11 is 5.54. The number of nitrogens with zero attached hydrogens (tertiary/aromatic N) is 1. The molecule has 62 valence electrons. The Morgan fingerprint density at radius 2 is 1.50 bits per heavy atom. The molecule has 0 radical (unpaired) electrons. The molecule has 0 saturated carbocycles. The predicted octanol–water partition coefficient (Wildman–Crippen LogP) is 1.73. The van der Waals surface area contributed by atoms with Crippen molar-refractivity contribution >= 4 is 17.4 Å². The maximum absolute atomic E-state index is 9.44. The van der Waals surface area contributed by atoms with Crippen molar-refractivity contribution < 1.29 is 4.79 Å². The molecule has 3 heteroatoms. The van der Waals surface area contributed by atoms with Crippen LogP contribution in [0, 0.1) is 0 Å². The van der Waals surface area contributed by atoms with Crippen molar-refractivity contribution in [2.75, 3.05) is 14.1 Å². The average Bonchev–Trinajstić information content (AvgIpc) is 1.63.